The van der Waals surface area contributed by atoms with Crippen molar-refractivity contribution in [3.63, 3.8) is 0 Å². The molecule has 0 radical (unpaired) electrons. The molecule has 0 saturated carbocycles. The van der Waals surface area contributed by atoms with Gasteiger partial charge in [0, 0.05) is 37.6 Å². The van der Waals surface area contributed by atoms with E-state index in [0.717, 1.165) is 12.8 Å². The van der Waals surface area contributed by atoms with E-state index in [2.05, 4.69) is 124 Å². The van der Waals surface area contributed by atoms with Gasteiger partial charge in [0.15, 0.2) is 0 Å². The van der Waals surface area contributed by atoms with Gasteiger partial charge in [-0.15, -0.1) is 0 Å². The standard InChI is InChI=1S/2C13H19N/c1-4-5-9-12(2)14(3)13-10-7-6-8-11-13;1-4-9-12(5-2)14(3)13-10-7-6-8-11-13/h5-12H,4H2,1-3H3;4,6-12H,5H2,1-3H3/b9-5+;9-4+. The van der Waals surface area contributed by atoms with Gasteiger partial charge in [-0.1, -0.05) is 74.5 Å². The van der Waals surface area contributed by atoms with Gasteiger partial charge >= 0.3 is 0 Å². The van der Waals surface area contributed by atoms with Crippen LogP contribution in [0.25, 0.3) is 0 Å². The van der Waals surface area contributed by atoms with Crippen molar-refractivity contribution in [1.82, 2.24) is 0 Å². The molecule has 0 bridgehead atoms. The average molecular weight is 379 g/mol. The fraction of sp³-hybridized carbons (Fsp3) is 0.385. The maximum Gasteiger partial charge on any atom is 0.0467 e. The molecule has 0 aromatic heterocycles. The smallest absolute Gasteiger partial charge is 0.0467 e. The first-order valence-electron chi connectivity index (χ1n) is 10.4. The monoisotopic (exact) mass is 378 g/mol. The summed E-state index contributed by atoms with van der Waals surface area (Å²) in [5.74, 6) is 0. The Hall–Kier alpha value is -2.48. The molecule has 28 heavy (non-hydrogen) atoms. The third-order valence-electron chi connectivity index (χ3n) is 4.92. The normalized spacial score (nSPS) is 13.1. The molecule has 0 aliphatic carbocycles. The van der Waals surface area contributed by atoms with Gasteiger partial charge in [0.05, 0.1) is 0 Å². The van der Waals surface area contributed by atoms with Crippen molar-refractivity contribution in [2.75, 3.05) is 23.9 Å². The van der Waals surface area contributed by atoms with Crippen LogP contribution in [0.3, 0.4) is 0 Å². The molecule has 0 heterocycles. The lowest BCUT2D eigenvalue weighted by atomic mass is 10.1. The lowest BCUT2D eigenvalue weighted by Gasteiger charge is -2.26. The maximum atomic E-state index is 2.31. The molecule has 2 aromatic rings. The third kappa shape index (κ3) is 8.04. The van der Waals surface area contributed by atoms with Crippen molar-refractivity contribution in [3.05, 3.63) is 85.0 Å². The summed E-state index contributed by atoms with van der Waals surface area (Å²) in [7, 11) is 4.27. The fourth-order valence-corrected chi connectivity index (χ4v) is 2.98. The van der Waals surface area contributed by atoms with Gasteiger partial charge in [0.2, 0.25) is 0 Å². The van der Waals surface area contributed by atoms with Crippen LogP contribution < -0.4 is 9.80 Å². The van der Waals surface area contributed by atoms with Gasteiger partial charge in [-0.2, -0.15) is 0 Å². The van der Waals surface area contributed by atoms with Gasteiger partial charge < -0.3 is 9.80 Å². The van der Waals surface area contributed by atoms with Crippen molar-refractivity contribution < 1.29 is 0 Å². The number of hydrogen-bond acceptors (Lipinski definition) is 2. The first-order chi connectivity index (χ1) is 13.5. The molecule has 0 spiro atoms. The Morgan fingerprint density at radius 1 is 0.786 bits per heavy atom. The molecule has 0 N–H and O–H groups in total. The van der Waals surface area contributed by atoms with Gasteiger partial charge in [0.1, 0.15) is 0 Å². The summed E-state index contributed by atoms with van der Waals surface area (Å²) in [5.41, 5.74) is 2.54. The molecule has 0 aliphatic heterocycles. The van der Waals surface area contributed by atoms with Crippen LogP contribution in [0.2, 0.25) is 0 Å². The van der Waals surface area contributed by atoms with E-state index >= 15 is 0 Å². The highest BCUT2D eigenvalue weighted by Gasteiger charge is 2.08. The second kappa shape index (κ2) is 13.7. The molecule has 2 rings (SSSR count). The van der Waals surface area contributed by atoms with Gasteiger partial charge in [-0.3, -0.25) is 0 Å². The van der Waals surface area contributed by atoms with Crippen LogP contribution in [0.15, 0.2) is 85.0 Å². The highest BCUT2D eigenvalue weighted by Crippen LogP contribution is 2.16. The molecule has 2 nitrogen and oxygen atoms in total. The number of hydrogen-bond donors (Lipinski definition) is 0. The number of benzene rings is 2. The minimum absolute atomic E-state index is 0.456. The number of rotatable bonds is 8. The second-order valence-electron chi connectivity index (χ2n) is 6.97. The summed E-state index contributed by atoms with van der Waals surface area (Å²) >= 11 is 0. The first kappa shape index (κ1) is 23.6. The van der Waals surface area contributed by atoms with Gasteiger partial charge in [-0.05, 0) is 51.0 Å². The molecule has 2 aromatic carbocycles. The number of nitrogens with zero attached hydrogens (tertiary/aromatic N) is 2. The van der Waals surface area contributed by atoms with Crippen LogP contribution in [-0.4, -0.2) is 26.2 Å². The Morgan fingerprint density at radius 2 is 1.29 bits per heavy atom. The summed E-state index contributed by atoms with van der Waals surface area (Å²) in [6, 6.07) is 21.9. The molecule has 0 aliphatic rings. The second-order valence-corrected chi connectivity index (χ2v) is 6.97. The topological polar surface area (TPSA) is 6.48 Å². The van der Waals surface area contributed by atoms with Crippen LogP contribution in [0.1, 0.15) is 40.5 Å². The van der Waals surface area contributed by atoms with E-state index in [1.165, 1.54) is 11.4 Å². The zero-order valence-corrected chi connectivity index (χ0v) is 18.5. The summed E-state index contributed by atoms with van der Waals surface area (Å²) in [6.07, 6.45) is 11.1. The summed E-state index contributed by atoms with van der Waals surface area (Å²) < 4.78 is 0. The van der Waals surface area contributed by atoms with E-state index in [-0.39, 0.29) is 0 Å². The molecule has 0 fully saturated rings. The zero-order valence-electron chi connectivity index (χ0n) is 18.5. The van der Waals surface area contributed by atoms with Gasteiger partial charge in [-0.25, -0.2) is 0 Å². The number of para-hydroxylation sites is 2. The van der Waals surface area contributed by atoms with Crippen molar-refractivity contribution in [2.45, 2.75) is 52.6 Å². The molecule has 0 saturated heterocycles. The molecule has 0 amide bonds. The van der Waals surface area contributed by atoms with Crippen LogP contribution in [-0.2, 0) is 0 Å². The van der Waals surface area contributed by atoms with Crippen LogP contribution in [0.4, 0.5) is 11.4 Å². The zero-order chi connectivity index (χ0) is 20.8. The van der Waals surface area contributed by atoms with E-state index in [1.807, 2.05) is 12.1 Å². The van der Waals surface area contributed by atoms with Crippen molar-refractivity contribution in [1.29, 1.82) is 0 Å². The van der Waals surface area contributed by atoms with Crippen LogP contribution >= 0.6 is 0 Å². The molecule has 152 valence electrons. The number of likely N-dealkylation sites (N-methyl/N-ethyl adjacent to an activating group) is 2. The van der Waals surface area contributed by atoms with Crippen molar-refractivity contribution in [2.24, 2.45) is 0 Å². The Kier molecular flexibility index (Phi) is 11.5. The minimum atomic E-state index is 0.456. The molecular formula is C26H38N2. The highest BCUT2D eigenvalue weighted by atomic mass is 15.1. The lowest BCUT2D eigenvalue weighted by Crippen LogP contribution is -2.28. The lowest BCUT2D eigenvalue weighted by molar-refractivity contribution is 0.721. The Bertz CT molecular complexity index is 676. The van der Waals surface area contributed by atoms with Crippen LogP contribution in [0, 0.1) is 0 Å². The molecule has 2 unspecified atom stereocenters. The van der Waals surface area contributed by atoms with E-state index in [9.17, 15) is 0 Å². The SMILES string of the molecule is C/C=C/C(CC)N(C)c1ccccc1.CC/C=C/C(C)N(C)c1ccccc1. The van der Waals surface area contributed by atoms with E-state index < -0.39 is 0 Å². The van der Waals surface area contributed by atoms with Gasteiger partial charge in [0.25, 0.3) is 0 Å². The number of allylic oxidation sites excluding steroid dienone is 2. The Balaban J connectivity index is 0.000000280. The number of anilines is 2. The summed E-state index contributed by atoms with van der Waals surface area (Å²) in [4.78, 5) is 4.58. The molecule has 2 atom stereocenters. The van der Waals surface area contributed by atoms with Crippen molar-refractivity contribution >= 4 is 11.4 Å². The van der Waals surface area contributed by atoms with Crippen LogP contribution in [0.5, 0.6) is 0 Å². The van der Waals surface area contributed by atoms with Crippen molar-refractivity contribution in [3.8, 4) is 0 Å². The Morgan fingerprint density at radius 3 is 1.71 bits per heavy atom. The van der Waals surface area contributed by atoms with E-state index in [0.29, 0.717) is 12.1 Å². The predicted octanol–water partition coefficient (Wildman–Crippen LogP) is 6.96. The fourth-order valence-electron chi connectivity index (χ4n) is 2.98. The highest BCUT2D eigenvalue weighted by molar-refractivity contribution is 5.47. The van der Waals surface area contributed by atoms with E-state index in [1.54, 1.807) is 0 Å². The third-order valence-corrected chi connectivity index (χ3v) is 4.92. The van der Waals surface area contributed by atoms with E-state index in [4.69, 9.17) is 0 Å². The maximum absolute atomic E-state index is 2.31. The average Bonchev–Trinajstić information content (AvgIpc) is 2.76. The minimum Gasteiger partial charge on any atom is -0.368 e. The predicted molar refractivity (Wildman–Crippen MR) is 127 cm³/mol. The molecular weight excluding hydrogens is 340 g/mol. The summed E-state index contributed by atoms with van der Waals surface area (Å²) in [5, 5.41) is 0. The first-order valence-corrected chi connectivity index (χ1v) is 10.4. The summed E-state index contributed by atoms with van der Waals surface area (Å²) in [6.45, 7) is 8.65. The Labute approximate surface area is 173 Å². The molecule has 2 heteroatoms. The quantitative estimate of drug-likeness (QED) is 0.458. The largest absolute Gasteiger partial charge is 0.368 e.